The summed E-state index contributed by atoms with van der Waals surface area (Å²) in [5.74, 6) is -1.53. The van der Waals surface area contributed by atoms with E-state index in [-0.39, 0.29) is 0 Å². The molecule has 0 aromatic rings. The Kier molecular flexibility index (Phi) is 8.36. The predicted molar refractivity (Wildman–Crippen MR) is 90.0 cm³/mol. The van der Waals surface area contributed by atoms with Crippen LogP contribution in [0.15, 0.2) is 0 Å². The van der Waals surface area contributed by atoms with Crippen molar-refractivity contribution in [1.82, 2.24) is 0 Å². The number of rotatable bonds is 10. The molecule has 0 aliphatic heterocycles. The molecule has 20 heavy (non-hydrogen) atoms. The van der Waals surface area contributed by atoms with Crippen LogP contribution in [0.1, 0.15) is 6.42 Å². The van der Waals surface area contributed by atoms with Crippen molar-refractivity contribution in [3.63, 3.8) is 0 Å². The van der Waals surface area contributed by atoms with E-state index in [4.69, 9.17) is 13.6 Å². The van der Waals surface area contributed by atoms with Crippen molar-refractivity contribution < 1.29 is 23.8 Å². The van der Waals surface area contributed by atoms with Crippen LogP contribution in [0.3, 0.4) is 0 Å². The van der Waals surface area contributed by atoms with Crippen LogP contribution in [-0.2, 0) is 13.6 Å². The van der Waals surface area contributed by atoms with Crippen molar-refractivity contribution in [2.45, 2.75) is 63.8 Å². The first-order valence-corrected chi connectivity index (χ1v) is 15.5. The van der Waals surface area contributed by atoms with Crippen LogP contribution < -0.4 is 0 Å². The Morgan fingerprint density at radius 1 is 1.05 bits per heavy atom. The zero-order valence-electron chi connectivity index (χ0n) is 14.0. The monoisotopic (exact) mass is 340 g/mol. The SMILES string of the molecule is C[Si](C)(C)OC(OCCC[SiH3])(O[Si](C)(C)C)C(O)CO. The van der Waals surface area contributed by atoms with E-state index in [9.17, 15) is 10.2 Å². The molecule has 0 aromatic carbocycles. The Morgan fingerprint density at radius 3 is 1.80 bits per heavy atom. The lowest BCUT2D eigenvalue weighted by Crippen LogP contribution is -2.60. The fraction of sp³-hybridized carbons (Fsp3) is 1.00. The van der Waals surface area contributed by atoms with Gasteiger partial charge in [0.05, 0.1) is 13.2 Å². The van der Waals surface area contributed by atoms with Crippen molar-refractivity contribution in [1.29, 1.82) is 0 Å². The number of hydrogen-bond acceptors (Lipinski definition) is 5. The standard InChI is InChI=1S/C12H32O5Si3/c1-19(2,3)16-12(11(14)10-13,15-8-7-9-18)17-20(4,5)6/h11,13-14H,7-10H2,1-6,18H3. The molecule has 0 saturated heterocycles. The summed E-state index contributed by atoms with van der Waals surface area (Å²) >= 11 is 0. The molecule has 8 heteroatoms. The highest BCUT2D eigenvalue weighted by Gasteiger charge is 2.47. The van der Waals surface area contributed by atoms with E-state index in [2.05, 4.69) is 0 Å². The summed E-state index contributed by atoms with van der Waals surface area (Å²) in [7, 11) is -2.93. The topological polar surface area (TPSA) is 68.2 Å². The lowest BCUT2D eigenvalue weighted by Gasteiger charge is -2.44. The molecule has 0 spiro atoms. The first-order valence-electron chi connectivity index (χ1n) is 7.29. The average Bonchev–Trinajstić information content (AvgIpc) is 2.23. The lowest BCUT2D eigenvalue weighted by atomic mass is 10.3. The largest absolute Gasteiger partial charge is 0.393 e. The van der Waals surface area contributed by atoms with Gasteiger partial charge in [-0.3, -0.25) is 0 Å². The van der Waals surface area contributed by atoms with Crippen molar-refractivity contribution in [3.8, 4) is 0 Å². The van der Waals surface area contributed by atoms with Crippen molar-refractivity contribution in [2.75, 3.05) is 13.2 Å². The fourth-order valence-electron chi connectivity index (χ4n) is 1.64. The van der Waals surface area contributed by atoms with Crippen LogP contribution in [0, 0.1) is 0 Å². The van der Waals surface area contributed by atoms with E-state index >= 15 is 0 Å². The number of hydrogen-bond donors (Lipinski definition) is 2. The van der Waals surface area contributed by atoms with Crippen LogP contribution in [-0.4, -0.2) is 62.4 Å². The smallest absolute Gasteiger partial charge is 0.294 e. The van der Waals surface area contributed by atoms with Crippen molar-refractivity contribution in [2.24, 2.45) is 0 Å². The summed E-state index contributed by atoms with van der Waals surface area (Å²) < 4.78 is 17.9. The van der Waals surface area contributed by atoms with E-state index in [1.54, 1.807) is 0 Å². The second-order valence-electron chi connectivity index (χ2n) is 6.93. The summed E-state index contributed by atoms with van der Waals surface area (Å²) in [5, 5.41) is 19.6. The molecule has 0 aliphatic carbocycles. The Labute approximate surface area is 128 Å². The Hall–Kier alpha value is 0.451. The Bertz CT molecular complexity index is 259. The van der Waals surface area contributed by atoms with Gasteiger partial charge in [0.25, 0.3) is 5.97 Å². The van der Waals surface area contributed by atoms with E-state index in [1.807, 2.05) is 39.3 Å². The normalized spacial score (nSPS) is 15.6. The molecule has 122 valence electrons. The molecule has 2 N–H and O–H groups in total. The van der Waals surface area contributed by atoms with E-state index in [1.165, 1.54) is 0 Å². The van der Waals surface area contributed by atoms with Gasteiger partial charge in [0.2, 0.25) is 0 Å². The third kappa shape index (κ3) is 8.03. The summed E-state index contributed by atoms with van der Waals surface area (Å²) in [6.45, 7) is 12.1. The van der Waals surface area contributed by atoms with Crippen molar-refractivity contribution >= 4 is 26.9 Å². The zero-order chi connectivity index (χ0) is 16.0. The third-order valence-corrected chi connectivity index (χ3v) is 4.78. The Morgan fingerprint density at radius 2 is 1.50 bits per heavy atom. The summed E-state index contributed by atoms with van der Waals surface area (Å²) in [5.41, 5.74) is 0. The first-order chi connectivity index (χ1) is 8.96. The quantitative estimate of drug-likeness (QED) is 0.351. The van der Waals surface area contributed by atoms with E-state index in [0.717, 1.165) is 22.7 Å². The molecule has 0 heterocycles. The maximum Gasteiger partial charge on any atom is 0.294 e. The molecule has 0 bridgehead atoms. The van der Waals surface area contributed by atoms with Gasteiger partial charge in [-0.25, -0.2) is 0 Å². The molecular formula is C12H32O5Si3. The summed E-state index contributed by atoms with van der Waals surface area (Å²) in [4.78, 5) is 0. The highest BCUT2D eigenvalue weighted by molar-refractivity contribution is 6.71. The Balaban J connectivity index is 5.27. The van der Waals surface area contributed by atoms with Gasteiger partial charge < -0.3 is 23.8 Å². The molecule has 0 radical (unpaired) electrons. The maximum atomic E-state index is 10.2. The molecule has 0 fully saturated rings. The molecule has 1 atom stereocenters. The van der Waals surface area contributed by atoms with Crippen LogP contribution in [0.5, 0.6) is 0 Å². The molecule has 0 aliphatic rings. The maximum absolute atomic E-state index is 10.2. The van der Waals surface area contributed by atoms with Gasteiger partial charge in [0.15, 0.2) is 22.7 Å². The fourth-order valence-corrected chi connectivity index (χ4v) is 4.19. The minimum absolute atomic E-state index is 0.449. The highest BCUT2D eigenvalue weighted by atomic mass is 28.4. The van der Waals surface area contributed by atoms with Gasteiger partial charge in [-0.15, -0.1) is 0 Å². The van der Waals surface area contributed by atoms with Crippen LogP contribution in [0.4, 0.5) is 0 Å². The van der Waals surface area contributed by atoms with Gasteiger partial charge in [-0.2, -0.15) is 0 Å². The number of aliphatic hydroxyl groups is 2. The molecule has 1 unspecified atom stereocenters. The summed E-state index contributed by atoms with van der Waals surface area (Å²) in [6.07, 6.45) is -0.286. The number of ether oxygens (including phenoxy) is 1. The van der Waals surface area contributed by atoms with E-state index in [0.29, 0.717) is 6.61 Å². The van der Waals surface area contributed by atoms with Gasteiger partial charge >= 0.3 is 0 Å². The van der Waals surface area contributed by atoms with Crippen LogP contribution in [0.2, 0.25) is 45.3 Å². The van der Waals surface area contributed by atoms with Crippen molar-refractivity contribution in [3.05, 3.63) is 0 Å². The van der Waals surface area contributed by atoms with E-state index < -0.39 is 35.3 Å². The van der Waals surface area contributed by atoms with Gasteiger partial charge in [-0.1, -0.05) is 6.04 Å². The first kappa shape index (κ1) is 20.5. The number of aliphatic hydroxyl groups excluding tert-OH is 2. The zero-order valence-corrected chi connectivity index (χ0v) is 18.0. The highest BCUT2D eigenvalue weighted by Crippen LogP contribution is 2.29. The minimum Gasteiger partial charge on any atom is -0.393 e. The lowest BCUT2D eigenvalue weighted by molar-refractivity contribution is -0.356. The third-order valence-electron chi connectivity index (χ3n) is 2.28. The molecule has 0 amide bonds. The second-order valence-corrected chi connectivity index (χ2v) is 16.8. The molecule has 0 aromatic heterocycles. The molecule has 5 nitrogen and oxygen atoms in total. The molecule has 0 saturated carbocycles. The van der Waals surface area contributed by atoms with Gasteiger partial charge in [-0.05, 0) is 45.7 Å². The van der Waals surface area contributed by atoms with Gasteiger partial charge in [0.1, 0.15) is 0 Å². The molecular weight excluding hydrogens is 308 g/mol. The van der Waals surface area contributed by atoms with Crippen LogP contribution >= 0.6 is 0 Å². The summed E-state index contributed by atoms with van der Waals surface area (Å²) in [6, 6.07) is 1.12. The molecule has 0 rings (SSSR count). The van der Waals surface area contributed by atoms with Crippen LogP contribution in [0.25, 0.3) is 0 Å². The second kappa shape index (κ2) is 8.18. The minimum atomic E-state index is -2.02. The van der Waals surface area contributed by atoms with Gasteiger partial charge in [0, 0.05) is 10.2 Å². The average molecular weight is 341 g/mol. The predicted octanol–water partition coefficient (Wildman–Crippen LogP) is 0.887.